The SMILES string of the molecule is CC(=O)C(C)Sc1nnc(-c2cccs2)n1C1CC1. The van der Waals surface area contributed by atoms with E-state index in [0.29, 0.717) is 6.04 Å². The molecule has 1 saturated carbocycles. The molecule has 3 rings (SSSR count). The molecule has 2 aromatic rings. The summed E-state index contributed by atoms with van der Waals surface area (Å²) in [5.74, 6) is 1.11. The van der Waals surface area contributed by atoms with E-state index in [0.717, 1.165) is 15.9 Å². The molecule has 6 heteroatoms. The Morgan fingerprint density at radius 3 is 2.89 bits per heavy atom. The molecular weight excluding hydrogens is 278 g/mol. The highest BCUT2D eigenvalue weighted by Crippen LogP contribution is 2.42. The van der Waals surface area contributed by atoms with Gasteiger partial charge in [0.25, 0.3) is 0 Å². The predicted octanol–water partition coefficient (Wildman–Crippen LogP) is 3.41. The van der Waals surface area contributed by atoms with Gasteiger partial charge in [-0.2, -0.15) is 0 Å². The summed E-state index contributed by atoms with van der Waals surface area (Å²) in [7, 11) is 0. The minimum atomic E-state index is -0.0714. The number of carbonyl (C=O) groups is 1. The zero-order chi connectivity index (χ0) is 13.4. The molecule has 1 atom stereocenters. The second kappa shape index (κ2) is 5.09. The van der Waals surface area contributed by atoms with Crippen LogP contribution in [0.3, 0.4) is 0 Å². The Kier molecular flexibility index (Phi) is 3.45. The summed E-state index contributed by atoms with van der Waals surface area (Å²) in [6, 6.07) is 4.60. The third kappa shape index (κ3) is 2.60. The van der Waals surface area contributed by atoms with Crippen LogP contribution >= 0.6 is 23.1 Å². The van der Waals surface area contributed by atoms with Crippen LogP contribution in [0.4, 0.5) is 0 Å². The van der Waals surface area contributed by atoms with E-state index in [2.05, 4.69) is 20.8 Å². The van der Waals surface area contributed by atoms with Crippen LogP contribution in [0.1, 0.15) is 32.7 Å². The normalized spacial score (nSPS) is 16.5. The lowest BCUT2D eigenvalue weighted by Crippen LogP contribution is -2.10. The molecular formula is C13H15N3OS2. The molecule has 1 fully saturated rings. The molecule has 2 aromatic heterocycles. The van der Waals surface area contributed by atoms with Gasteiger partial charge >= 0.3 is 0 Å². The lowest BCUT2D eigenvalue weighted by atomic mass is 10.3. The lowest BCUT2D eigenvalue weighted by Gasteiger charge is -2.10. The van der Waals surface area contributed by atoms with Crippen molar-refractivity contribution in [3.63, 3.8) is 0 Å². The molecule has 0 spiro atoms. The maximum atomic E-state index is 11.4. The first kappa shape index (κ1) is 12.9. The summed E-state index contributed by atoms with van der Waals surface area (Å²) < 4.78 is 2.20. The summed E-state index contributed by atoms with van der Waals surface area (Å²) in [6.45, 7) is 3.54. The van der Waals surface area contributed by atoms with Crippen LogP contribution in [0.5, 0.6) is 0 Å². The Bertz CT molecular complexity index is 587. The number of aromatic nitrogens is 3. The number of hydrogen-bond acceptors (Lipinski definition) is 5. The highest BCUT2D eigenvalue weighted by Gasteiger charge is 2.31. The van der Waals surface area contributed by atoms with Gasteiger partial charge in [-0.05, 0) is 38.1 Å². The minimum Gasteiger partial charge on any atom is -0.299 e. The van der Waals surface area contributed by atoms with Crippen molar-refractivity contribution in [2.45, 2.75) is 43.1 Å². The predicted molar refractivity (Wildman–Crippen MR) is 77.6 cm³/mol. The fraction of sp³-hybridized carbons (Fsp3) is 0.462. The molecule has 0 amide bonds. The zero-order valence-electron chi connectivity index (χ0n) is 10.9. The Balaban J connectivity index is 1.95. The van der Waals surface area contributed by atoms with Crippen LogP contribution in [0, 0.1) is 0 Å². The van der Waals surface area contributed by atoms with Crippen molar-refractivity contribution in [1.82, 2.24) is 14.8 Å². The van der Waals surface area contributed by atoms with Crippen LogP contribution in [-0.2, 0) is 4.79 Å². The van der Waals surface area contributed by atoms with Crippen molar-refractivity contribution in [1.29, 1.82) is 0 Å². The van der Waals surface area contributed by atoms with E-state index in [1.165, 1.54) is 24.6 Å². The van der Waals surface area contributed by atoms with Crippen molar-refractivity contribution in [3.05, 3.63) is 17.5 Å². The lowest BCUT2D eigenvalue weighted by molar-refractivity contribution is -0.116. The van der Waals surface area contributed by atoms with E-state index < -0.39 is 0 Å². The van der Waals surface area contributed by atoms with E-state index in [1.54, 1.807) is 18.3 Å². The molecule has 0 bridgehead atoms. The largest absolute Gasteiger partial charge is 0.299 e. The van der Waals surface area contributed by atoms with E-state index in [4.69, 9.17) is 0 Å². The summed E-state index contributed by atoms with van der Waals surface area (Å²) in [5.41, 5.74) is 0. The van der Waals surface area contributed by atoms with Gasteiger partial charge in [-0.25, -0.2) is 0 Å². The molecule has 1 unspecified atom stereocenters. The molecule has 0 aliphatic heterocycles. The quantitative estimate of drug-likeness (QED) is 0.793. The number of carbonyl (C=O) groups excluding carboxylic acids is 1. The van der Waals surface area contributed by atoms with Crippen molar-refractivity contribution in [2.24, 2.45) is 0 Å². The topological polar surface area (TPSA) is 47.8 Å². The molecule has 2 heterocycles. The summed E-state index contributed by atoms with van der Waals surface area (Å²) in [4.78, 5) is 12.5. The Hall–Kier alpha value is -1.14. The summed E-state index contributed by atoms with van der Waals surface area (Å²) in [5, 5.41) is 11.5. The van der Waals surface area contributed by atoms with Gasteiger partial charge in [0.15, 0.2) is 11.0 Å². The van der Waals surface area contributed by atoms with Gasteiger partial charge in [-0.15, -0.1) is 21.5 Å². The molecule has 19 heavy (non-hydrogen) atoms. The Morgan fingerprint density at radius 1 is 1.53 bits per heavy atom. The van der Waals surface area contributed by atoms with Crippen LogP contribution in [0.2, 0.25) is 0 Å². The maximum Gasteiger partial charge on any atom is 0.192 e. The van der Waals surface area contributed by atoms with Crippen LogP contribution < -0.4 is 0 Å². The van der Waals surface area contributed by atoms with Crippen LogP contribution in [0.25, 0.3) is 10.7 Å². The van der Waals surface area contributed by atoms with E-state index >= 15 is 0 Å². The number of ketones is 1. The standard InChI is InChI=1S/C13H15N3OS2/c1-8(17)9(2)19-13-15-14-12(11-4-3-7-18-11)16(13)10-5-6-10/h3-4,7,9-10H,5-6H2,1-2H3. The first-order valence-electron chi connectivity index (χ1n) is 6.32. The summed E-state index contributed by atoms with van der Waals surface area (Å²) >= 11 is 3.18. The van der Waals surface area contributed by atoms with Crippen molar-refractivity contribution < 1.29 is 4.79 Å². The third-order valence-corrected chi connectivity index (χ3v) is 5.21. The first-order chi connectivity index (χ1) is 9.16. The number of nitrogens with zero attached hydrogens (tertiary/aromatic N) is 3. The number of hydrogen-bond donors (Lipinski definition) is 0. The van der Waals surface area contributed by atoms with Crippen LogP contribution in [0.15, 0.2) is 22.7 Å². The van der Waals surface area contributed by atoms with Gasteiger partial charge in [-0.1, -0.05) is 17.8 Å². The zero-order valence-corrected chi connectivity index (χ0v) is 12.5. The van der Waals surface area contributed by atoms with Gasteiger partial charge in [0.1, 0.15) is 5.78 Å². The molecule has 0 radical (unpaired) electrons. The molecule has 0 aromatic carbocycles. The maximum absolute atomic E-state index is 11.4. The molecule has 1 aliphatic rings. The monoisotopic (exact) mass is 293 g/mol. The molecule has 0 saturated heterocycles. The average molecular weight is 293 g/mol. The van der Waals surface area contributed by atoms with Crippen molar-refractivity contribution >= 4 is 28.9 Å². The highest BCUT2D eigenvalue weighted by molar-refractivity contribution is 8.00. The van der Waals surface area contributed by atoms with E-state index in [9.17, 15) is 4.79 Å². The smallest absolute Gasteiger partial charge is 0.192 e. The summed E-state index contributed by atoms with van der Waals surface area (Å²) in [6.07, 6.45) is 2.36. The second-order valence-corrected chi connectivity index (χ2v) is 7.01. The van der Waals surface area contributed by atoms with Crippen LogP contribution in [-0.4, -0.2) is 25.8 Å². The fourth-order valence-corrected chi connectivity index (χ4v) is 3.46. The molecule has 4 nitrogen and oxygen atoms in total. The van der Waals surface area contributed by atoms with E-state index in [-0.39, 0.29) is 11.0 Å². The minimum absolute atomic E-state index is 0.0714. The Morgan fingerprint density at radius 2 is 2.32 bits per heavy atom. The number of Topliss-reactive ketones (excluding diaryl/α,β-unsaturated/α-hetero) is 1. The van der Waals surface area contributed by atoms with Gasteiger partial charge in [-0.3, -0.25) is 9.36 Å². The number of thioether (sulfide) groups is 1. The number of thiophene rings is 1. The molecule has 0 N–H and O–H groups in total. The van der Waals surface area contributed by atoms with E-state index in [1.807, 2.05) is 18.4 Å². The van der Waals surface area contributed by atoms with Gasteiger partial charge in [0.2, 0.25) is 0 Å². The van der Waals surface area contributed by atoms with Gasteiger partial charge in [0.05, 0.1) is 10.1 Å². The highest BCUT2D eigenvalue weighted by atomic mass is 32.2. The Labute approximate surface area is 120 Å². The van der Waals surface area contributed by atoms with Crippen molar-refractivity contribution in [3.8, 4) is 10.7 Å². The number of rotatable bonds is 5. The van der Waals surface area contributed by atoms with Gasteiger partial charge < -0.3 is 0 Å². The molecule has 1 aliphatic carbocycles. The van der Waals surface area contributed by atoms with Gasteiger partial charge in [0, 0.05) is 6.04 Å². The fourth-order valence-electron chi connectivity index (χ4n) is 1.83. The first-order valence-corrected chi connectivity index (χ1v) is 8.08. The average Bonchev–Trinajstić information content (AvgIpc) is 2.91. The molecule has 100 valence electrons. The third-order valence-electron chi connectivity index (χ3n) is 3.17. The van der Waals surface area contributed by atoms with Crippen molar-refractivity contribution in [2.75, 3.05) is 0 Å². The second-order valence-electron chi connectivity index (χ2n) is 4.76.